The predicted molar refractivity (Wildman–Crippen MR) is 295 cm³/mol. The van der Waals surface area contributed by atoms with Crippen LogP contribution in [0.15, 0.2) is 237 Å². The van der Waals surface area contributed by atoms with E-state index in [1.165, 1.54) is 0 Å². The van der Waals surface area contributed by atoms with Crippen molar-refractivity contribution in [3.63, 3.8) is 0 Å². The lowest BCUT2D eigenvalue weighted by Crippen LogP contribution is -2.04. The van der Waals surface area contributed by atoms with Crippen LogP contribution in [0, 0.1) is 11.3 Å². The minimum atomic E-state index is 0.414. The first-order chi connectivity index (χ1) is 37.1. The first kappa shape index (κ1) is 44.3. The molecule has 0 spiro atoms. The SMILES string of the molecule is N#Cc1ccc(-n2c3ccc(-c4nc(-c5ccccc5)nc(-c5ccccc5)n4)cc3c3cc(-c4nc(-c5ccccc5)nc(-c5ccccc5)n4)ccc32)c(-c2nc(-c3ccccc3)nc(-c3ccccc3)n2)c1. The third-order valence-corrected chi connectivity index (χ3v) is 13.0. The number of fused-ring (bicyclic) bond motifs is 3. The average molecular weight is 962 g/mol. The molecule has 75 heavy (non-hydrogen) atoms. The van der Waals surface area contributed by atoms with Crippen molar-refractivity contribution in [3.05, 3.63) is 242 Å². The van der Waals surface area contributed by atoms with Crippen LogP contribution in [0.25, 0.3) is 130 Å². The maximum absolute atomic E-state index is 10.4. The van der Waals surface area contributed by atoms with Gasteiger partial charge in [0.1, 0.15) is 0 Å². The fraction of sp³-hybridized carbons (Fsp3) is 0. The van der Waals surface area contributed by atoms with Gasteiger partial charge in [0.2, 0.25) is 0 Å². The summed E-state index contributed by atoms with van der Waals surface area (Å²) in [6, 6.07) is 80.2. The minimum absolute atomic E-state index is 0.414. The molecule has 13 aromatic rings. The van der Waals surface area contributed by atoms with E-state index in [-0.39, 0.29) is 0 Å². The molecule has 0 atom stereocenters. The van der Waals surface area contributed by atoms with Gasteiger partial charge >= 0.3 is 0 Å². The van der Waals surface area contributed by atoms with Crippen LogP contribution >= 0.6 is 0 Å². The van der Waals surface area contributed by atoms with Crippen molar-refractivity contribution in [3.8, 4) is 114 Å². The van der Waals surface area contributed by atoms with Crippen LogP contribution in [0.5, 0.6) is 0 Å². The maximum Gasteiger partial charge on any atom is 0.166 e. The molecule has 11 nitrogen and oxygen atoms in total. The summed E-state index contributed by atoms with van der Waals surface area (Å²) in [4.78, 5) is 45.7. The van der Waals surface area contributed by atoms with Crippen molar-refractivity contribution < 1.29 is 0 Å². The van der Waals surface area contributed by atoms with Gasteiger partial charge in [-0.3, -0.25) is 0 Å². The predicted octanol–water partition coefficient (Wildman–Crippen LogP) is 14.2. The summed E-state index contributed by atoms with van der Waals surface area (Å²) in [5.41, 5.74) is 10.4. The highest BCUT2D eigenvalue weighted by atomic mass is 15.1. The molecular weight excluding hydrogens is 923 g/mol. The van der Waals surface area contributed by atoms with Gasteiger partial charge < -0.3 is 4.57 Å². The number of hydrogen-bond acceptors (Lipinski definition) is 10. The Bertz CT molecular complexity index is 3920. The van der Waals surface area contributed by atoms with Crippen LogP contribution in [-0.4, -0.2) is 49.4 Å². The zero-order valence-electron chi connectivity index (χ0n) is 39.9. The molecule has 13 rings (SSSR count). The molecule has 0 N–H and O–H groups in total. The van der Waals surface area contributed by atoms with Crippen LogP contribution in [0.3, 0.4) is 0 Å². The summed E-state index contributed by atoms with van der Waals surface area (Å²) in [6.07, 6.45) is 0. The summed E-state index contributed by atoms with van der Waals surface area (Å²) in [5, 5.41) is 12.3. The van der Waals surface area contributed by atoms with Crippen molar-refractivity contribution in [2.24, 2.45) is 0 Å². The third kappa shape index (κ3) is 8.60. The number of rotatable bonds is 10. The molecule has 0 unspecified atom stereocenters. The van der Waals surface area contributed by atoms with Gasteiger partial charge in [0, 0.05) is 60.8 Å². The van der Waals surface area contributed by atoms with E-state index in [0.717, 1.165) is 72.0 Å². The van der Waals surface area contributed by atoms with E-state index < -0.39 is 0 Å². The van der Waals surface area contributed by atoms with E-state index in [1.54, 1.807) is 0 Å². The van der Waals surface area contributed by atoms with E-state index >= 15 is 0 Å². The van der Waals surface area contributed by atoms with Gasteiger partial charge in [-0.05, 0) is 54.6 Å². The highest BCUT2D eigenvalue weighted by molar-refractivity contribution is 6.12. The lowest BCUT2D eigenvalue weighted by Gasteiger charge is -2.15. The number of hydrogen-bond donors (Lipinski definition) is 0. The van der Waals surface area contributed by atoms with Crippen molar-refractivity contribution in [1.82, 2.24) is 49.4 Å². The Kier molecular flexibility index (Phi) is 11.3. The first-order valence-electron chi connectivity index (χ1n) is 24.3. The second kappa shape index (κ2) is 19.1. The summed E-state index contributed by atoms with van der Waals surface area (Å²) in [5.74, 6) is 4.71. The molecule has 0 saturated heterocycles. The van der Waals surface area contributed by atoms with Crippen LogP contribution in [0.4, 0.5) is 0 Å². The van der Waals surface area contributed by atoms with Gasteiger partial charge in [-0.1, -0.05) is 182 Å². The maximum atomic E-state index is 10.4. The number of aromatic nitrogens is 10. The van der Waals surface area contributed by atoms with Gasteiger partial charge in [-0.15, -0.1) is 0 Å². The number of nitrogens with zero attached hydrogens (tertiary/aromatic N) is 11. The second-order valence-electron chi connectivity index (χ2n) is 17.8. The van der Waals surface area contributed by atoms with E-state index in [4.69, 9.17) is 44.9 Å². The lowest BCUT2D eigenvalue weighted by atomic mass is 10.1. The molecule has 0 aliphatic carbocycles. The van der Waals surface area contributed by atoms with E-state index in [1.807, 2.05) is 200 Å². The van der Waals surface area contributed by atoms with Crippen LogP contribution < -0.4 is 0 Å². The van der Waals surface area contributed by atoms with Crippen LogP contribution in [0.1, 0.15) is 5.56 Å². The quantitative estimate of drug-likeness (QED) is 0.130. The molecule has 0 aliphatic rings. The first-order valence-corrected chi connectivity index (χ1v) is 24.3. The molecule has 4 aromatic heterocycles. The summed E-state index contributed by atoms with van der Waals surface area (Å²) in [6.45, 7) is 0. The molecule has 0 fully saturated rings. The van der Waals surface area contributed by atoms with Gasteiger partial charge in [-0.25, -0.2) is 44.9 Å². The van der Waals surface area contributed by atoms with Crippen molar-refractivity contribution in [2.45, 2.75) is 0 Å². The summed E-state index contributed by atoms with van der Waals surface area (Å²) in [7, 11) is 0. The van der Waals surface area contributed by atoms with Crippen LogP contribution in [-0.2, 0) is 0 Å². The Labute approximate surface area is 431 Å². The van der Waals surface area contributed by atoms with Gasteiger partial charge in [0.25, 0.3) is 0 Å². The molecule has 0 saturated carbocycles. The zero-order valence-corrected chi connectivity index (χ0v) is 39.9. The fourth-order valence-electron chi connectivity index (χ4n) is 9.35. The molecule has 4 heterocycles. The van der Waals surface area contributed by atoms with Gasteiger partial charge in [0.05, 0.1) is 28.4 Å². The van der Waals surface area contributed by atoms with Crippen molar-refractivity contribution >= 4 is 21.8 Å². The third-order valence-electron chi connectivity index (χ3n) is 13.0. The topological polar surface area (TPSA) is 145 Å². The molecule has 350 valence electrons. The van der Waals surface area contributed by atoms with E-state index in [0.29, 0.717) is 63.5 Å². The highest BCUT2D eigenvalue weighted by Gasteiger charge is 2.23. The van der Waals surface area contributed by atoms with E-state index in [9.17, 15) is 5.26 Å². The number of nitriles is 1. The van der Waals surface area contributed by atoms with Gasteiger partial charge in [-0.2, -0.15) is 5.26 Å². The molecule has 0 amide bonds. The largest absolute Gasteiger partial charge is 0.308 e. The molecule has 0 aliphatic heterocycles. The molecule has 0 radical (unpaired) electrons. The Morgan fingerprint density at radius 3 is 0.840 bits per heavy atom. The normalized spacial score (nSPS) is 11.2. The summed E-state index contributed by atoms with van der Waals surface area (Å²) >= 11 is 0. The fourth-order valence-corrected chi connectivity index (χ4v) is 9.35. The van der Waals surface area contributed by atoms with Gasteiger partial charge in [0.15, 0.2) is 52.4 Å². The highest BCUT2D eigenvalue weighted by Crippen LogP contribution is 2.40. The van der Waals surface area contributed by atoms with Crippen molar-refractivity contribution in [2.75, 3.05) is 0 Å². The monoisotopic (exact) mass is 961 g/mol. The number of benzene rings is 9. The zero-order chi connectivity index (χ0) is 50.1. The average Bonchev–Trinajstić information content (AvgIpc) is 3.87. The van der Waals surface area contributed by atoms with Crippen LogP contribution in [0.2, 0.25) is 0 Å². The molecular formula is C64H39N11. The second-order valence-corrected chi connectivity index (χ2v) is 17.8. The molecule has 9 aromatic carbocycles. The smallest absolute Gasteiger partial charge is 0.166 e. The molecule has 11 heteroatoms. The van der Waals surface area contributed by atoms with Crippen molar-refractivity contribution in [1.29, 1.82) is 5.26 Å². The van der Waals surface area contributed by atoms with E-state index in [2.05, 4.69) is 47.0 Å². The Balaban J connectivity index is 1.07. The molecule has 0 bridgehead atoms. The Hall–Kier alpha value is -10.7. The Morgan fingerprint density at radius 1 is 0.267 bits per heavy atom. The Morgan fingerprint density at radius 2 is 0.547 bits per heavy atom. The lowest BCUT2D eigenvalue weighted by molar-refractivity contribution is 1.06. The summed E-state index contributed by atoms with van der Waals surface area (Å²) < 4.78 is 2.21. The minimum Gasteiger partial charge on any atom is -0.308 e. The standard InChI is InChI=1S/C64H39N11/c65-40-41-31-34-55(52(37-41)64-73-60(46-27-15-5-16-28-46)68-61(74-64)47-29-17-6-18-30-47)75-53-35-32-48(62-69-56(42-19-7-1-8-20-42)66-57(70-62)43-21-9-2-10-22-43)38-50(53)51-39-49(33-36-54(51)75)63-71-58(44-23-11-3-12-24-44)67-59(72-63)45-25-13-4-14-26-45/h1-39H.